The van der Waals surface area contributed by atoms with Crippen LogP contribution in [0.4, 0.5) is 10.5 Å². The molecule has 2 saturated heterocycles. The Bertz CT molecular complexity index is 858. The van der Waals surface area contributed by atoms with Crippen molar-refractivity contribution in [2.45, 2.75) is 24.1 Å². The first-order chi connectivity index (χ1) is 13.2. The van der Waals surface area contributed by atoms with E-state index in [-0.39, 0.29) is 23.6 Å². The zero-order valence-electron chi connectivity index (χ0n) is 14.3. The Morgan fingerprint density at radius 3 is 2.61 bits per heavy atom. The van der Waals surface area contributed by atoms with E-state index in [1.54, 1.807) is 0 Å². The van der Waals surface area contributed by atoms with Gasteiger partial charge in [0.25, 0.3) is 11.6 Å². The molecule has 0 radical (unpaired) electrons. The Morgan fingerprint density at radius 1 is 1.39 bits per heavy atom. The van der Waals surface area contributed by atoms with Crippen molar-refractivity contribution in [3.8, 4) is 0 Å². The SMILES string of the molecule is C=C1C[S+]([O-])[C@H]2C(NC(=O)OCc3ccc([N+](=O)[O-])cc3)C(=O)N2C1C(=O)O. The number of nitro groups is 1. The first-order valence-electron chi connectivity index (χ1n) is 7.97. The Kier molecular flexibility index (Phi) is 5.25. The second-order valence-corrected chi connectivity index (χ2v) is 7.72. The Morgan fingerprint density at radius 2 is 2.04 bits per heavy atom. The molecule has 3 rings (SSSR count). The maximum Gasteiger partial charge on any atom is 0.408 e. The minimum Gasteiger partial charge on any atom is -0.614 e. The average molecular weight is 409 g/mol. The van der Waals surface area contributed by atoms with Gasteiger partial charge in [0.1, 0.15) is 12.4 Å². The average Bonchev–Trinajstić information content (AvgIpc) is 2.64. The molecule has 2 heterocycles. The number of rotatable bonds is 5. The van der Waals surface area contributed by atoms with Crippen LogP contribution >= 0.6 is 0 Å². The number of benzene rings is 1. The van der Waals surface area contributed by atoms with E-state index in [1.165, 1.54) is 24.3 Å². The first kappa shape index (κ1) is 19.6. The molecule has 0 aliphatic carbocycles. The van der Waals surface area contributed by atoms with Crippen LogP contribution in [0.2, 0.25) is 0 Å². The molecule has 0 spiro atoms. The molecule has 2 aliphatic heterocycles. The smallest absolute Gasteiger partial charge is 0.408 e. The van der Waals surface area contributed by atoms with Gasteiger partial charge in [0.2, 0.25) is 5.37 Å². The maximum atomic E-state index is 12.3. The van der Waals surface area contributed by atoms with E-state index < -0.39 is 51.5 Å². The quantitative estimate of drug-likeness (QED) is 0.228. The minimum absolute atomic E-state index is 0.0819. The van der Waals surface area contributed by atoms with Gasteiger partial charge in [-0.15, -0.1) is 0 Å². The summed E-state index contributed by atoms with van der Waals surface area (Å²) in [5.74, 6) is -2.04. The summed E-state index contributed by atoms with van der Waals surface area (Å²) in [6, 6.07) is 2.92. The van der Waals surface area contributed by atoms with Crippen molar-refractivity contribution in [3.05, 3.63) is 52.1 Å². The molecule has 2 fully saturated rings. The third kappa shape index (κ3) is 3.51. The summed E-state index contributed by atoms with van der Waals surface area (Å²) in [7, 11) is 0. The number of ether oxygens (including phenoxy) is 1. The lowest BCUT2D eigenvalue weighted by molar-refractivity contribution is -0.384. The molecule has 0 saturated carbocycles. The number of nitrogens with zero attached hydrogens (tertiary/aromatic N) is 2. The molecule has 28 heavy (non-hydrogen) atoms. The molecule has 1 aromatic rings. The molecule has 2 N–H and O–H groups in total. The summed E-state index contributed by atoms with van der Waals surface area (Å²) in [6.07, 6.45) is -0.954. The van der Waals surface area contributed by atoms with E-state index in [2.05, 4.69) is 11.9 Å². The predicted molar refractivity (Wildman–Crippen MR) is 94.4 cm³/mol. The fourth-order valence-corrected chi connectivity index (χ4v) is 4.70. The van der Waals surface area contributed by atoms with E-state index >= 15 is 0 Å². The molecule has 148 valence electrons. The molecule has 1 aromatic carbocycles. The van der Waals surface area contributed by atoms with Crippen LogP contribution in [0.25, 0.3) is 0 Å². The monoisotopic (exact) mass is 409 g/mol. The summed E-state index contributed by atoms with van der Waals surface area (Å²) >= 11 is -1.60. The van der Waals surface area contributed by atoms with Crippen LogP contribution in [0.3, 0.4) is 0 Å². The number of carboxylic acids is 1. The lowest BCUT2D eigenvalue weighted by atomic mass is 9.99. The van der Waals surface area contributed by atoms with Crippen LogP contribution < -0.4 is 5.32 Å². The van der Waals surface area contributed by atoms with Gasteiger partial charge in [-0.25, -0.2) is 9.59 Å². The number of carboxylic acid groups (broad SMARTS) is 1. The second-order valence-electron chi connectivity index (χ2n) is 6.18. The van der Waals surface area contributed by atoms with E-state index in [1.807, 2.05) is 0 Å². The van der Waals surface area contributed by atoms with Crippen molar-refractivity contribution >= 4 is 34.8 Å². The van der Waals surface area contributed by atoms with Gasteiger partial charge in [-0.3, -0.25) is 19.8 Å². The Hall–Kier alpha value is -3.12. The molecule has 4 atom stereocenters. The van der Waals surface area contributed by atoms with Crippen LogP contribution in [-0.2, 0) is 32.1 Å². The summed E-state index contributed by atoms with van der Waals surface area (Å²) in [6.45, 7) is 3.37. The molecule has 2 amide bonds. The number of alkyl carbamates (subject to hydrolysis) is 1. The highest BCUT2D eigenvalue weighted by molar-refractivity contribution is 7.92. The third-order valence-corrected chi connectivity index (χ3v) is 6.06. The van der Waals surface area contributed by atoms with Crippen molar-refractivity contribution in [2.75, 3.05) is 5.75 Å². The number of hydrogen-bond donors (Lipinski definition) is 2. The first-order valence-corrected chi connectivity index (χ1v) is 9.35. The topological polar surface area (TPSA) is 162 Å². The molecule has 0 aromatic heterocycles. The van der Waals surface area contributed by atoms with Crippen LogP contribution in [0.15, 0.2) is 36.4 Å². The predicted octanol–water partition coefficient (Wildman–Crippen LogP) is 0.130. The van der Waals surface area contributed by atoms with Gasteiger partial charge in [-0.05, 0) is 28.9 Å². The van der Waals surface area contributed by atoms with E-state index in [9.17, 15) is 34.2 Å². The summed E-state index contributed by atoms with van der Waals surface area (Å²) < 4.78 is 17.2. The van der Waals surface area contributed by atoms with Crippen LogP contribution in [0, 0.1) is 10.1 Å². The largest absolute Gasteiger partial charge is 0.614 e. The van der Waals surface area contributed by atoms with E-state index in [0.717, 1.165) is 4.90 Å². The third-order valence-electron chi connectivity index (χ3n) is 4.37. The van der Waals surface area contributed by atoms with Gasteiger partial charge >= 0.3 is 12.1 Å². The van der Waals surface area contributed by atoms with Gasteiger partial charge < -0.3 is 19.7 Å². The van der Waals surface area contributed by atoms with Crippen molar-refractivity contribution < 1.29 is 33.7 Å². The second kappa shape index (κ2) is 7.48. The lowest BCUT2D eigenvalue weighted by Gasteiger charge is -2.51. The lowest BCUT2D eigenvalue weighted by Crippen LogP contribution is -2.78. The number of carbonyl (C=O) groups is 3. The molecule has 12 heteroatoms. The molecule has 2 aliphatic rings. The van der Waals surface area contributed by atoms with Crippen molar-refractivity contribution in [1.82, 2.24) is 10.2 Å². The number of non-ortho nitro benzene ring substituents is 1. The highest BCUT2D eigenvalue weighted by Gasteiger charge is 2.62. The Labute approximate surface area is 161 Å². The zero-order chi connectivity index (χ0) is 20.6. The number of carbonyl (C=O) groups excluding carboxylic acids is 2. The number of aliphatic carboxylic acids is 1. The highest BCUT2D eigenvalue weighted by Crippen LogP contribution is 2.36. The van der Waals surface area contributed by atoms with Crippen LogP contribution in [-0.4, -0.2) is 60.7 Å². The van der Waals surface area contributed by atoms with Gasteiger partial charge in [-0.1, -0.05) is 6.58 Å². The molecular weight excluding hydrogens is 394 g/mol. The number of nitrogens with one attached hydrogen (secondary N) is 1. The summed E-state index contributed by atoms with van der Waals surface area (Å²) in [5.41, 5.74) is 0.545. The number of hydrogen-bond acceptors (Lipinski definition) is 7. The zero-order valence-corrected chi connectivity index (χ0v) is 15.1. The fraction of sp³-hybridized carbons (Fsp3) is 0.312. The van der Waals surface area contributed by atoms with E-state index in [0.29, 0.717) is 5.56 Å². The van der Waals surface area contributed by atoms with Crippen molar-refractivity contribution in [3.63, 3.8) is 0 Å². The van der Waals surface area contributed by atoms with Gasteiger partial charge in [0.15, 0.2) is 12.1 Å². The van der Waals surface area contributed by atoms with Crippen LogP contribution in [0.5, 0.6) is 0 Å². The molecular formula is C16H15N3O8S. The minimum atomic E-state index is -1.60. The molecule has 11 nitrogen and oxygen atoms in total. The number of fused-ring (bicyclic) bond motifs is 1. The molecule has 0 bridgehead atoms. The molecule has 3 unspecified atom stereocenters. The standard InChI is InChI=1S/C16H15N3O8S/c1-8-7-28(26)14-11(13(20)18(14)12(8)15(21)22)17-16(23)27-6-9-2-4-10(5-3-9)19(24)25/h2-5,11-12,14H,1,6-7H2,(H,17,23)(H,21,22)/t11?,12?,14-,28?/m0/s1. The van der Waals surface area contributed by atoms with Crippen molar-refractivity contribution in [1.29, 1.82) is 0 Å². The highest BCUT2D eigenvalue weighted by atomic mass is 32.2. The van der Waals surface area contributed by atoms with Crippen molar-refractivity contribution in [2.24, 2.45) is 0 Å². The summed E-state index contributed by atoms with van der Waals surface area (Å²) in [5, 5.41) is 21.2. The maximum absolute atomic E-state index is 12.3. The van der Waals surface area contributed by atoms with E-state index in [4.69, 9.17) is 4.74 Å². The van der Waals surface area contributed by atoms with Gasteiger partial charge in [-0.2, -0.15) is 0 Å². The fourth-order valence-electron chi connectivity index (χ4n) is 3.04. The van der Waals surface area contributed by atoms with Gasteiger partial charge in [0, 0.05) is 17.7 Å². The number of amides is 2. The number of nitro benzene ring substituents is 1. The Balaban J connectivity index is 1.59. The van der Waals surface area contributed by atoms with Crippen LogP contribution in [0.1, 0.15) is 5.56 Å². The summed E-state index contributed by atoms with van der Waals surface area (Å²) in [4.78, 5) is 46.6. The van der Waals surface area contributed by atoms with Gasteiger partial charge in [0.05, 0.1) is 4.92 Å². The normalized spacial score (nSPS) is 26.1. The number of β-lactam (4-membered cyclic amide) rings is 1.